The van der Waals surface area contributed by atoms with Crippen LogP contribution in [0, 0.1) is 0 Å². The monoisotopic (exact) mass is 594 g/mol. The van der Waals surface area contributed by atoms with Crippen molar-refractivity contribution in [3.05, 3.63) is 164 Å². The highest BCUT2D eigenvalue weighted by Crippen LogP contribution is 2.45. The first-order chi connectivity index (χ1) is 22.2. The molecule has 0 N–H and O–H groups in total. The van der Waals surface area contributed by atoms with Gasteiger partial charge in [0.05, 0.1) is 0 Å². The van der Waals surface area contributed by atoms with Crippen LogP contribution in [0.2, 0.25) is 0 Å². The highest BCUT2D eigenvalue weighted by molar-refractivity contribution is 7.85. The topological polar surface area (TPSA) is 30.2 Å². The number of rotatable bonds is 4. The average Bonchev–Trinajstić information content (AvgIpc) is 3.51. The van der Waals surface area contributed by atoms with Crippen molar-refractivity contribution in [1.82, 2.24) is 0 Å². The summed E-state index contributed by atoms with van der Waals surface area (Å²) in [6, 6.07) is 56.1. The lowest BCUT2D eigenvalue weighted by molar-refractivity contribution is 0.592. The van der Waals surface area contributed by atoms with Crippen molar-refractivity contribution in [2.24, 2.45) is 0 Å². The Morgan fingerprint density at radius 1 is 0.400 bits per heavy atom. The molecule has 1 heterocycles. The molecule has 0 amide bonds. The number of hydrogen-bond donors (Lipinski definition) is 0. The van der Waals surface area contributed by atoms with Gasteiger partial charge < -0.3 is 8.98 Å². The van der Waals surface area contributed by atoms with Gasteiger partial charge in [-0.1, -0.05) is 140 Å². The normalized spacial score (nSPS) is 12.1. The van der Waals surface area contributed by atoms with Crippen molar-refractivity contribution in [2.45, 2.75) is 0 Å². The van der Waals surface area contributed by atoms with Crippen LogP contribution in [-0.2, 0) is 4.57 Å². The van der Waals surface area contributed by atoms with Crippen molar-refractivity contribution in [3.63, 3.8) is 0 Å². The van der Waals surface area contributed by atoms with Crippen LogP contribution in [0.4, 0.5) is 0 Å². The Labute approximate surface area is 260 Å². The molecule has 212 valence electrons. The van der Waals surface area contributed by atoms with Crippen LogP contribution < -0.4 is 15.9 Å². The van der Waals surface area contributed by atoms with Gasteiger partial charge in [-0.25, -0.2) is 0 Å². The van der Waals surface area contributed by atoms with E-state index in [4.69, 9.17) is 4.42 Å². The van der Waals surface area contributed by atoms with Gasteiger partial charge in [0.2, 0.25) is 0 Å². The fourth-order valence-corrected chi connectivity index (χ4v) is 9.64. The van der Waals surface area contributed by atoms with E-state index in [2.05, 4.69) is 97.1 Å². The third-order valence-corrected chi connectivity index (χ3v) is 12.2. The summed E-state index contributed by atoms with van der Waals surface area (Å²) in [5.74, 6) is 0. The first-order valence-corrected chi connectivity index (χ1v) is 16.9. The molecule has 9 aromatic rings. The van der Waals surface area contributed by atoms with Gasteiger partial charge in [-0.3, -0.25) is 0 Å². The highest BCUT2D eigenvalue weighted by atomic mass is 31.2. The zero-order chi connectivity index (χ0) is 30.0. The molecule has 8 aromatic carbocycles. The summed E-state index contributed by atoms with van der Waals surface area (Å²) in [6.07, 6.45) is 0. The molecule has 1 aromatic heterocycles. The van der Waals surface area contributed by atoms with Crippen LogP contribution in [0.3, 0.4) is 0 Å². The molecule has 3 heteroatoms. The lowest BCUT2D eigenvalue weighted by Gasteiger charge is -2.20. The van der Waals surface area contributed by atoms with Gasteiger partial charge in [0, 0.05) is 26.7 Å². The predicted molar refractivity (Wildman–Crippen MR) is 191 cm³/mol. The molecule has 0 saturated carbocycles. The van der Waals surface area contributed by atoms with Crippen molar-refractivity contribution in [1.29, 1.82) is 0 Å². The summed E-state index contributed by atoms with van der Waals surface area (Å²) < 4.78 is 21.5. The standard InChI is InChI=1S/C42H27O2P/c43-45(32-12-3-1-4-13-32,33-14-5-2-6-15-33)34-23-21-29-25-31(20-19-30(29)26-34)38-27-40-42(37-18-10-9-17-36(37)38)41-35-16-8-7-11-28(35)22-24-39(41)44-40/h1-27H. The molecule has 9 rings (SSSR count). The van der Waals surface area contributed by atoms with E-state index in [-0.39, 0.29) is 0 Å². The lowest BCUT2D eigenvalue weighted by Crippen LogP contribution is -2.24. The van der Waals surface area contributed by atoms with Crippen LogP contribution in [0.5, 0.6) is 0 Å². The molecule has 2 nitrogen and oxygen atoms in total. The SMILES string of the molecule is O=P(c1ccccc1)(c1ccccc1)c1ccc2cc(-c3cc4oc5ccc6ccccc6c5c4c4ccccc34)ccc2c1. The van der Waals surface area contributed by atoms with E-state index in [0.717, 1.165) is 59.8 Å². The van der Waals surface area contributed by atoms with E-state index in [9.17, 15) is 4.57 Å². The Bertz CT molecular complexity index is 2570. The van der Waals surface area contributed by atoms with E-state index in [1.54, 1.807) is 0 Å². The second-order valence-electron chi connectivity index (χ2n) is 11.6. The molecule has 0 radical (unpaired) electrons. The Balaban J connectivity index is 1.23. The van der Waals surface area contributed by atoms with Gasteiger partial charge in [0.15, 0.2) is 7.14 Å². The first kappa shape index (κ1) is 26.0. The molecule has 0 aliphatic carbocycles. The van der Waals surface area contributed by atoms with Crippen LogP contribution in [0.15, 0.2) is 168 Å². The third kappa shape index (κ3) is 4.00. The quantitative estimate of drug-likeness (QED) is 0.190. The fraction of sp³-hybridized carbons (Fsp3) is 0. The zero-order valence-corrected chi connectivity index (χ0v) is 25.2. The summed E-state index contributed by atoms with van der Waals surface area (Å²) in [6.45, 7) is 0. The number of furan rings is 1. The minimum Gasteiger partial charge on any atom is -0.456 e. The molecular formula is C42H27O2P. The van der Waals surface area contributed by atoms with Crippen LogP contribution >= 0.6 is 7.14 Å². The van der Waals surface area contributed by atoms with E-state index >= 15 is 0 Å². The fourth-order valence-electron chi connectivity index (χ4n) is 6.96. The van der Waals surface area contributed by atoms with Crippen LogP contribution in [0.1, 0.15) is 0 Å². The molecule has 0 fully saturated rings. The third-order valence-electron chi connectivity index (χ3n) is 9.11. The van der Waals surface area contributed by atoms with Gasteiger partial charge in [0.25, 0.3) is 0 Å². The summed E-state index contributed by atoms with van der Waals surface area (Å²) >= 11 is 0. The molecule has 0 aliphatic heterocycles. The van der Waals surface area contributed by atoms with Gasteiger partial charge in [-0.15, -0.1) is 0 Å². The Morgan fingerprint density at radius 3 is 1.73 bits per heavy atom. The van der Waals surface area contributed by atoms with Gasteiger partial charge in [-0.2, -0.15) is 0 Å². The Hall–Kier alpha value is -5.43. The Kier molecular flexibility index (Phi) is 5.81. The molecular weight excluding hydrogens is 567 g/mol. The predicted octanol–water partition coefficient (Wildman–Crippen LogP) is 10.4. The lowest BCUT2D eigenvalue weighted by atomic mass is 9.93. The van der Waals surface area contributed by atoms with Crippen molar-refractivity contribution >= 4 is 77.3 Å². The number of hydrogen-bond acceptors (Lipinski definition) is 2. The van der Waals surface area contributed by atoms with E-state index < -0.39 is 7.14 Å². The largest absolute Gasteiger partial charge is 0.456 e. The minimum absolute atomic E-state index is 0.835. The number of benzene rings is 8. The van der Waals surface area contributed by atoms with Gasteiger partial charge in [-0.05, 0) is 67.7 Å². The zero-order valence-electron chi connectivity index (χ0n) is 24.4. The van der Waals surface area contributed by atoms with Crippen molar-refractivity contribution in [3.8, 4) is 11.1 Å². The molecule has 0 atom stereocenters. The second kappa shape index (κ2) is 10.1. The van der Waals surface area contributed by atoms with E-state index in [0.29, 0.717) is 0 Å². The molecule has 0 bridgehead atoms. The minimum atomic E-state index is -3.06. The van der Waals surface area contributed by atoms with Gasteiger partial charge in [0.1, 0.15) is 11.2 Å². The maximum atomic E-state index is 15.0. The van der Waals surface area contributed by atoms with E-state index in [1.165, 1.54) is 21.5 Å². The van der Waals surface area contributed by atoms with Crippen LogP contribution in [0.25, 0.3) is 65.4 Å². The summed E-state index contributed by atoms with van der Waals surface area (Å²) in [7, 11) is -3.06. The summed E-state index contributed by atoms with van der Waals surface area (Å²) in [5.41, 5.74) is 4.04. The summed E-state index contributed by atoms with van der Waals surface area (Å²) in [5, 5.41) is 11.8. The number of fused-ring (bicyclic) bond motifs is 8. The maximum Gasteiger partial charge on any atom is 0.171 e. The second-order valence-corrected chi connectivity index (χ2v) is 14.4. The van der Waals surface area contributed by atoms with Gasteiger partial charge >= 0.3 is 0 Å². The molecule has 0 saturated heterocycles. The molecule has 0 aliphatic rings. The first-order valence-electron chi connectivity index (χ1n) is 15.2. The van der Waals surface area contributed by atoms with Crippen LogP contribution in [-0.4, -0.2) is 0 Å². The highest BCUT2D eigenvalue weighted by Gasteiger charge is 2.29. The van der Waals surface area contributed by atoms with E-state index in [1.807, 2.05) is 66.7 Å². The maximum absolute atomic E-state index is 15.0. The average molecular weight is 595 g/mol. The molecule has 45 heavy (non-hydrogen) atoms. The Morgan fingerprint density at radius 2 is 0.978 bits per heavy atom. The smallest absolute Gasteiger partial charge is 0.171 e. The summed E-state index contributed by atoms with van der Waals surface area (Å²) in [4.78, 5) is 0. The molecule has 0 unspecified atom stereocenters. The molecule has 0 spiro atoms. The van der Waals surface area contributed by atoms with Crippen molar-refractivity contribution in [2.75, 3.05) is 0 Å². The van der Waals surface area contributed by atoms with Crippen molar-refractivity contribution < 1.29 is 8.98 Å².